The lowest BCUT2D eigenvalue weighted by Crippen LogP contribution is -2.54. The van der Waals surface area contributed by atoms with Gasteiger partial charge in [0.05, 0.1) is 18.1 Å². The van der Waals surface area contributed by atoms with Crippen LogP contribution < -0.4 is 0 Å². The SMILES string of the molecule is CC(=O)OC1C2OC3C(C(=O)N(C(C)(C)C)C13)C2C(=O)OC(C)C(C)(F)F. The van der Waals surface area contributed by atoms with Gasteiger partial charge in [-0.3, -0.25) is 14.4 Å². The smallest absolute Gasteiger partial charge is 0.313 e. The van der Waals surface area contributed by atoms with Crippen molar-refractivity contribution in [3.8, 4) is 0 Å². The molecule has 0 aliphatic carbocycles. The summed E-state index contributed by atoms with van der Waals surface area (Å²) in [5.74, 6) is -6.94. The number of hydrogen-bond donors (Lipinski definition) is 0. The highest BCUT2D eigenvalue weighted by molar-refractivity contribution is 5.91. The van der Waals surface area contributed by atoms with Crippen LogP contribution in [0.25, 0.3) is 0 Å². The van der Waals surface area contributed by atoms with E-state index in [9.17, 15) is 23.2 Å². The highest BCUT2D eigenvalue weighted by Crippen LogP contribution is 2.54. The van der Waals surface area contributed by atoms with Crippen LogP contribution in [0, 0.1) is 11.8 Å². The molecule has 152 valence electrons. The largest absolute Gasteiger partial charge is 0.457 e. The fourth-order valence-electron chi connectivity index (χ4n) is 4.35. The second kappa shape index (κ2) is 6.12. The van der Waals surface area contributed by atoms with E-state index in [-0.39, 0.29) is 5.91 Å². The molecule has 3 rings (SSSR count). The number of amides is 1. The van der Waals surface area contributed by atoms with Gasteiger partial charge in [-0.15, -0.1) is 0 Å². The topological polar surface area (TPSA) is 82.1 Å². The van der Waals surface area contributed by atoms with Gasteiger partial charge in [0.1, 0.15) is 12.0 Å². The average molecular weight is 389 g/mol. The monoisotopic (exact) mass is 389 g/mol. The molecule has 3 aliphatic heterocycles. The Hall–Kier alpha value is -1.77. The van der Waals surface area contributed by atoms with Crippen molar-refractivity contribution in [3.63, 3.8) is 0 Å². The highest BCUT2D eigenvalue weighted by atomic mass is 19.3. The molecule has 3 fully saturated rings. The molecule has 3 heterocycles. The van der Waals surface area contributed by atoms with Crippen LogP contribution in [0.3, 0.4) is 0 Å². The number of carbonyl (C=O) groups is 3. The number of hydrogen-bond acceptors (Lipinski definition) is 6. The zero-order valence-electron chi connectivity index (χ0n) is 16.2. The van der Waals surface area contributed by atoms with E-state index in [1.807, 2.05) is 20.8 Å². The molecule has 1 amide bonds. The molecule has 9 heteroatoms. The predicted octanol–water partition coefficient (Wildman–Crippen LogP) is 1.53. The lowest BCUT2D eigenvalue weighted by Gasteiger charge is -2.38. The Morgan fingerprint density at radius 1 is 1.19 bits per heavy atom. The summed E-state index contributed by atoms with van der Waals surface area (Å²) in [6, 6.07) is -0.509. The standard InChI is InChI=1S/C18H25F2NO6/c1-7(18(6,19)20)25-16(24)10-9-12-11(21(15(9)23)17(3,4)5)14(13(10)27-12)26-8(2)22/h7,9-14H,1-6H3. The summed E-state index contributed by atoms with van der Waals surface area (Å²) in [6.07, 6.45) is -4.02. The lowest BCUT2D eigenvalue weighted by atomic mass is 9.78. The van der Waals surface area contributed by atoms with Crippen LogP contribution in [0.15, 0.2) is 0 Å². The molecule has 3 saturated heterocycles. The maximum absolute atomic E-state index is 13.4. The normalized spacial score (nSPS) is 36.1. The Balaban J connectivity index is 1.93. The van der Waals surface area contributed by atoms with Crippen molar-refractivity contribution in [1.29, 1.82) is 0 Å². The molecule has 0 spiro atoms. The Kier molecular flexibility index (Phi) is 4.53. The summed E-state index contributed by atoms with van der Waals surface area (Å²) in [5, 5.41) is 0. The Bertz CT molecular complexity index is 670. The Morgan fingerprint density at radius 3 is 2.26 bits per heavy atom. The van der Waals surface area contributed by atoms with Gasteiger partial charge in [0.2, 0.25) is 5.91 Å². The fourth-order valence-corrected chi connectivity index (χ4v) is 4.35. The van der Waals surface area contributed by atoms with E-state index in [4.69, 9.17) is 14.2 Å². The molecule has 0 aromatic carbocycles. The van der Waals surface area contributed by atoms with Crippen molar-refractivity contribution in [2.45, 2.75) is 83.5 Å². The van der Waals surface area contributed by atoms with Gasteiger partial charge in [0.15, 0.2) is 12.2 Å². The average Bonchev–Trinajstić information content (AvgIpc) is 3.06. The number of rotatable bonds is 4. The van der Waals surface area contributed by atoms with Crippen LogP contribution in [-0.2, 0) is 28.6 Å². The van der Waals surface area contributed by atoms with Gasteiger partial charge in [-0.05, 0) is 27.7 Å². The lowest BCUT2D eigenvalue weighted by molar-refractivity contribution is -0.178. The van der Waals surface area contributed by atoms with Crippen molar-refractivity contribution in [2.75, 3.05) is 0 Å². The van der Waals surface area contributed by atoms with Crippen LogP contribution in [0.4, 0.5) is 8.78 Å². The molecule has 3 aliphatic rings. The molecular weight excluding hydrogens is 364 g/mol. The molecule has 0 saturated carbocycles. The Labute approximate surface area is 156 Å². The molecular formula is C18H25F2NO6. The van der Waals surface area contributed by atoms with Crippen LogP contribution in [0.1, 0.15) is 41.5 Å². The van der Waals surface area contributed by atoms with Gasteiger partial charge in [-0.1, -0.05) is 0 Å². The molecule has 0 aromatic rings. The van der Waals surface area contributed by atoms with E-state index < -0.39 is 65.7 Å². The number of carbonyl (C=O) groups excluding carboxylic acids is 3. The summed E-state index contributed by atoms with van der Waals surface area (Å²) in [7, 11) is 0. The fraction of sp³-hybridized carbons (Fsp3) is 0.833. The van der Waals surface area contributed by atoms with E-state index in [2.05, 4.69) is 0 Å². The van der Waals surface area contributed by atoms with E-state index in [0.29, 0.717) is 6.92 Å². The van der Waals surface area contributed by atoms with Crippen molar-refractivity contribution < 1.29 is 37.4 Å². The summed E-state index contributed by atoms with van der Waals surface area (Å²) in [6.45, 7) is 8.48. The van der Waals surface area contributed by atoms with Gasteiger partial charge < -0.3 is 19.1 Å². The number of alkyl halides is 2. The van der Waals surface area contributed by atoms with E-state index in [1.54, 1.807) is 4.90 Å². The molecule has 0 radical (unpaired) electrons. The van der Waals surface area contributed by atoms with Gasteiger partial charge in [0, 0.05) is 19.4 Å². The maximum Gasteiger partial charge on any atom is 0.313 e. The number of fused-ring (bicyclic) bond motifs is 1. The molecule has 2 bridgehead atoms. The quantitative estimate of drug-likeness (QED) is 0.679. The van der Waals surface area contributed by atoms with Crippen molar-refractivity contribution in [1.82, 2.24) is 4.90 Å². The molecule has 27 heavy (non-hydrogen) atoms. The number of halogens is 2. The number of nitrogens with zero attached hydrogens (tertiary/aromatic N) is 1. The third kappa shape index (κ3) is 3.09. The van der Waals surface area contributed by atoms with Crippen LogP contribution in [0.2, 0.25) is 0 Å². The number of ether oxygens (including phenoxy) is 3. The minimum absolute atomic E-state index is 0.312. The van der Waals surface area contributed by atoms with Gasteiger partial charge >= 0.3 is 11.9 Å². The van der Waals surface area contributed by atoms with Crippen LogP contribution >= 0.6 is 0 Å². The zero-order valence-corrected chi connectivity index (χ0v) is 16.2. The first-order chi connectivity index (χ1) is 12.2. The van der Waals surface area contributed by atoms with Crippen molar-refractivity contribution >= 4 is 17.8 Å². The summed E-state index contributed by atoms with van der Waals surface area (Å²) >= 11 is 0. The van der Waals surface area contributed by atoms with E-state index in [0.717, 1.165) is 6.92 Å². The van der Waals surface area contributed by atoms with Gasteiger partial charge in [-0.2, -0.15) is 0 Å². The summed E-state index contributed by atoms with van der Waals surface area (Å²) < 4.78 is 43.0. The van der Waals surface area contributed by atoms with E-state index >= 15 is 0 Å². The maximum atomic E-state index is 13.4. The Morgan fingerprint density at radius 2 is 1.78 bits per heavy atom. The highest BCUT2D eigenvalue weighted by Gasteiger charge is 2.73. The molecule has 7 atom stereocenters. The molecule has 7 nitrogen and oxygen atoms in total. The second-order valence-corrected chi connectivity index (χ2v) is 8.60. The number of esters is 2. The predicted molar refractivity (Wildman–Crippen MR) is 87.8 cm³/mol. The van der Waals surface area contributed by atoms with Crippen molar-refractivity contribution in [2.24, 2.45) is 11.8 Å². The zero-order chi connectivity index (χ0) is 20.5. The van der Waals surface area contributed by atoms with Gasteiger partial charge in [0.25, 0.3) is 5.92 Å². The third-order valence-electron chi connectivity index (χ3n) is 5.53. The summed E-state index contributed by atoms with van der Waals surface area (Å²) in [5.41, 5.74) is -0.589. The molecule has 0 aromatic heterocycles. The first kappa shape index (κ1) is 20.0. The first-order valence-electron chi connectivity index (χ1n) is 8.99. The molecule has 7 unspecified atom stereocenters. The number of likely N-dealkylation sites (tertiary alicyclic amines) is 1. The second-order valence-electron chi connectivity index (χ2n) is 8.60. The summed E-state index contributed by atoms with van der Waals surface area (Å²) in [4.78, 5) is 38.9. The molecule has 0 N–H and O–H groups in total. The minimum Gasteiger partial charge on any atom is -0.457 e. The van der Waals surface area contributed by atoms with Crippen molar-refractivity contribution in [3.05, 3.63) is 0 Å². The first-order valence-corrected chi connectivity index (χ1v) is 8.99. The van der Waals surface area contributed by atoms with Gasteiger partial charge in [-0.25, -0.2) is 8.78 Å². The minimum atomic E-state index is -3.22. The third-order valence-corrected chi connectivity index (χ3v) is 5.53. The van der Waals surface area contributed by atoms with Crippen LogP contribution in [0.5, 0.6) is 0 Å². The van der Waals surface area contributed by atoms with Crippen LogP contribution in [-0.4, -0.2) is 64.7 Å². The van der Waals surface area contributed by atoms with E-state index in [1.165, 1.54) is 6.92 Å².